The molecule has 0 bridgehead atoms. The zero-order valence-corrected chi connectivity index (χ0v) is 17.7. The molecule has 0 atom stereocenters. The van der Waals surface area contributed by atoms with Gasteiger partial charge in [-0.2, -0.15) is 0 Å². The molecule has 2 aromatic rings. The third-order valence-electron chi connectivity index (χ3n) is 4.66. The third kappa shape index (κ3) is 3.10. The predicted octanol–water partition coefficient (Wildman–Crippen LogP) is 4.93. The van der Waals surface area contributed by atoms with E-state index in [0.29, 0.717) is 0 Å². The fourth-order valence-corrected chi connectivity index (χ4v) is 14.4. The molecule has 0 N–H and O–H groups in total. The normalized spacial score (nSPS) is 16.0. The van der Waals surface area contributed by atoms with E-state index in [2.05, 4.69) is 95.3 Å². The molecule has 0 fully saturated rings. The van der Waals surface area contributed by atoms with Crippen LogP contribution in [0.15, 0.2) is 82.0 Å². The van der Waals surface area contributed by atoms with E-state index in [0.717, 1.165) is 0 Å². The van der Waals surface area contributed by atoms with E-state index < -0.39 is 24.1 Å². The van der Waals surface area contributed by atoms with Crippen LogP contribution < -0.4 is 10.4 Å². The van der Waals surface area contributed by atoms with E-state index in [1.165, 1.54) is 16.8 Å². The topological polar surface area (TPSA) is 0 Å². The molecule has 0 unspecified atom stereocenters. The van der Waals surface area contributed by atoms with E-state index in [1.807, 2.05) is 0 Å². The van der Waals surface area contributed by atoms with Crippen LogP contribution >= 0.6 is 0 Å². The fourth-order valence-electron chi connectivity index (χ4n) is 3.36. The third-order valence-corrected chi connectivity index (χ3v) is 14.9. The van der Waals surface area contributed by atoms with E-state index in [9.17, 15) is 0 Å². The van der Waals surface area contributed by atoms with Crippen LogP contribution in [0.5, 0.6) is 0 Å². The van der Waals surface area contributed by atoms with Gasteiger partial charge >= 0.3 is 145 Å². The zero-order valence-electron chi connectivity index (χ0n) is 14.5. The van der Waals surface area contributed by atoms with Gasteiger partial charge in [-0.05, 0) is 0 Å². The van der Waals surface area contributed by atoms with Gasteiger partial charge in [-0.25, -0.2) is 0 Å². The molecule has 1 aliphatic carbocycles. The van der Waals surface area contributed by atoms with Gasteiger partial charge in [0, 0.05) is 0 Å². The number of rotatable bonds is 4. The van der Waals surface area contributed by atoms with Crippen molar-refractivity contribution in [2.24, 2.45) is 0 Å². The summed E-state index contributed by atoms with van der Waals surface area (Å²) in [5.74, 6) is 0. The molecule has 2 aromatic carbocycles. The Balaban J connectivity index is 2.28. The maximum atomic E-state index is 2.54. The first-order valence-corrected chi connectivity index (χ1v) is 18.3. The van der Waals surface area contributed by atoms with Gasteiger partial charge in [0.1, 0.15) is 0 Å². The number of hydrogen-bond donors (Lipinski definition) is 0. The van der Waals surface area contributed by atoms with Crippen LogP contribution in [0, 0.1) is 0 Å². The molecule has 0 radical (unpaired) electrons. The van der Waals surface area contributed by atoms with E-state index in [4.69, 9.17) is 0 Å². The Labute approximate surface area is 145 Å². The number of allylic oxidation sites excluding steroid dienone is 4. The van der Waals surface area contributed by atoms with Crippen molar-refractivity contribution in [1.29, 1.82) is 0 Å². The molecular formula is C21H26PtSi. The second-order valence-electron chi connectivity index (χ2n) is 6.67. The molecule has 1 aliphatic rings. The summed E-state index contributed by atoms with van der Waals surface area (Å²) in [5, 5.41) is 12.3. The average molecular weight is 502 g/mol. The van der Waals surface area contributed by atoms with Gasteiger partial charge in [0.05, 0.1) is 0 Å². The Bertz CT molecular complexity index is 697. The molecule has 0 nitrogen and oxygen atoms in total. The van der Waals surface area contributed by atoms with Gasteiger partial charge in [-0.1, -0.05) is 0 Å². The molecular weight excluding hydrogens is 475 g/mol. The van der Waals surface area contributed by atoms with Gasteiger partial charge in [-0.15, -0.1) is 0 Å². The monoisotopic (exact) mass is 501 g/mol. The second kappa shape index (κ2) is 6.38. The van der Waals surface area contributed by atoms with Crippen molar-refractivity contribution < 1.29 is 16.1 Å². The molecule has 0 saturated heterocycles. The van der Waals surface area contributed by atoms with Crippen LogP contribution in [-0.4, -0.2) is 8.07 Å². The molecule has 2 heteroatoms. The van der Waals surface area contributed by atoms with Crippen molar-refractivity contribution in [3.8, 4) is 0 Å². The van der Waals surface area contributed by atoms with Gasteiger partial charge in [0.15, 0.2) is 0 Å². The van der Waals surface area contributed by atoms with Crippen molar-refractivity contribution in [3.63, 3.8) is 0 Å². The summed E-state index contributed by atoms with van der Waals surface area (Å²) < 4.78 is 1.79. The van der Waals surface area contributed by atoms with Crippen LogP contribution in [0.4, 0.5) is 0 Å². The summed E-state index contributed by atoms with van der Waals surface area (Å²) in [6, 6.07) is 22.4. The Morgan fingerprint density at radius 1 is 0.783 bits per heavy atom. The van der Waals surface area contributed by atoms with Crippen molar-refractivity contribution in [2.75, 3.05) is 0 Å². The van der Waals surface area contributed by atoms with E-state index in [-0.39, 0.29) is 0 Å². The summed E-state index contributed by atoms with van der Waals surface area (Å²) in [6.45, 7) is 2.54. The summed E-state index contributed by atoms with van der Waals surface area (Å²) >= 11 is -1.77. The molecule has 0 saturated carbocycles. The van der Waals surface area contributed by atoms with Crippen molar-refractivity contribution in [1.82, 2.24) is 0 Å². The summed E-state index contributed by atoms with van der Waals surface area (Å²) in [5.41, 5.74) is 0. The molecule has 0 aromatic heterocycles. The summed E-state index contributed by atoms with van der Waals surface area (Å²) in [4.78, 5) is 0. The summed E-state index contributed by atoms with van der Waals surface area (Å²) in [6.07, 6.45) is 6.03. The zero-order chi connectivity index (χ0) is 16.5. The van der Waals surface area contributed by atoms with Gasteiger partial charge in [-0.3, -0.25) is 0 Å². The van der Waals surface area contributed by atoms with Crippen molar-refractivity contribution in [2.45, 2.75) is 28.9 Å². The van der Waals surface area contributed by atoms with E-state index >= 15 is 0 Å². The minimum absolute atomic E-state index is 1.18. The van der Waals surface area contributed by atoms with Crippen LogP contribution in [-0.2, 0) is 16.1 Å². The van der Waals surface area contributed by atoms with Gasteiger partial charge in [0.2, 0.25) is 0 Å². The first-order chi connectivity index (χ1) is 10.9. The minimum atomic E-state index is -1.90. The Hall–Kier alpha value is -1.17. The standard InChI is InChI=1S/C18H17Si.3CH3.Pt/c1-19(18-14-8-9-15-18,16-10-4-2-5-11-16)17-12-6-3-7-13-17;;;;/h2-8,10-14H,9H2,1H3;3*1H3;. The maximum absolute atomic E-state index is 2.54. The van der Waals surface area contributed by atoms with Gasteiger partial charge in [0.25, 0.3) is 0 Å². The van der Waals surface area contributed by atoms with Crippen LogP contribution in [0.1, 0.15) is 6.42 Å². The first-order valence-electron chi connectivity index (χ1n) is 7.81. The molecule has 0 heterocycles. The predicted molar refractivity (Wildman–Crippen MR) is 102 cm³/mol. The van der Waals surface area contributed by atoms with Crippen LogP contribution in [0.2, 0.25) is 22.5 Å². The SMILES string of the molecule is C[Si](C1=[C]([Pt]([CH3])([CH3])[CH3])CC=C1)(c1ccccc1)c1ccccc1. The molecule has 124 valence electrons. The Morgan fingerprint density at radius 2 is 1.26 bits per heavy atom. The van der Waals surface area contributed by atoms with E-state index in [1.54, 1.807) is 9.16 Å². The average Bonchev–Trinajstić information content (AvgIpc) is 3.06. The first kappa shape index (κ1) is 16.7. The van der Waals surface area contributed by atoms with Crippen LogP contribution in [0.3, 0.4) is 0 Å². The van der Waals surface area contributed by atoms with Crippen molar-refractivity contribution in [3.05, 3.63) is 82.0 Å². The Kier molecular flexibility index (Phi) is 4.62. The van der Waals surface area contributed by atoms with Gasteiger partial charge < -0.3 is 0 Å². The van der Waals surface area contributed by atoms with Crippen LogP contribution in [0.25, 0.3) is 0 Å². The second-order valence-corrected chi connectivity index (χ2v) is 22.2. The number of benzene rings is 2. The number of hydrogen-bond acceptors (Lipinski definition) is 0. The quantitative estimate of drug-likeness (QED) is 0.522. The molecule has 23 heavy (non-hydrogen) atoms. The summed E-state index contributed by atoms with van der Waals surface area (Å²) in [7, 11) is -1.90. The Morgan fingerprint density at radius 3 is 1.70 bits per heavy atom. The molecule has 0 amide bonds. The molecule has 0 aliphatic heterocycles. The molecule has 0 spiro atoms. The molecule has 3 rings (SSSR count). The fraction of sp³-hybridized carbons (Fsp3) is 0.238. The van der Waals surface area contributed by atoms with Crippen molar-refractivity contribution >= 4 is 18.4 Å².